The average Bonchev–Trinajstić information content (AvgIpc) is 2.64. The summed E-state index contributed by atoms with van der Waals surface area (Å²) in [6.45, 7) is 5.07. The third-order valence-electron chi connectivity index (χ3n) is 2.81. The van der Waals surface area contributed by atoms with Crippen LogP contribution in [0.1, 0.15) is 17.9 Å². The number of hydrogen-bond donors (Lipinski definition) is 1. The lowest BCUT2D eigenvalue weighted by Gasteiger charge is -2.17. The van der Waals surface area contributed by atoms with Gasteiger partial charge in [0.05, 0.1) is 5.92 Å². The number of aromatic nitrogens is 2. The van der Waals surface area contributed by atoms with Gasteiger partial charge in [0.25, 0.3) is 0 Å². The predicted molar refractivity (Wildman–Crippen MR) is 59.5 cm³/mol. The molecule has 1 aliphatic heterocycles. The largest absolute Gasteiger partial charge is 0.481 e. The number of nitrogens with zero attached hydrogens (tertiary/aromatic N) is 3. The van der Waals surface area contributed by atoms with E-state index in [1.54, 1.807) is 0 Å². The first-order valence-electron chi connectivity index (χ1n) is 5.36. The van der Waals surface area contributed by atoms with Crippen LogP contribution in [0.3, 0.4) is 0 Å². The van der Waals surface area contributed by atoms with Gasteiger partial charge in [0.15, 0.2) is 0 Å². The van der Waals surface area contributed by atoms with Crippen LogP contribution in [0, 0.1) is 19.8 Å². The fourth-order valence-electron chi connectivity index (χ4n) is 2.03. The molecule has 2 rings (SSSR count). The van der Waals surface area contributed by atoms with Crippen LogP contribution in [0.25, 0.3) is 0 Å². The maximum absolute atomic E-state index is 10.9. The van der Waals surface area contributed by atoms with Crippen molar-refractivity contribution in [1.82, 2.24) is 9.97 Å². The molecule has 0 spiro atoms. The summed E-state index contributed by atoms with van der Waals surface area (Å²) < 4.78 is 0. The highest BCUT2D eigenvalue weighted by Crippen LogP contribution is 2.22. The zero-order chi connectivity index (χ0) is 11.7. The Hall–Kier alpha value is -1.65. The van der Waals surface area contributed by atoms with Crippen molar-refractivity contribution in [2.75, 3.05) is 18.0 Å². The van der Waals surface area contributed by atoms with Crippen molar-refractivity contribution < 1.29 is 9.90 Å². The normalized spacial score (nSPS) is 20.1. The number of anilines is 1. The number of carboxylic acid groups (broad SMARTS) is 1. The summed E-state index contributed by atoms with van der Waals surface area (Å²) in [5.41, 5.74) is 0.918. The summed E-state index contributed by atoms with van der Waals surface area (Å²) in [6, 6.07) is 1.90. The number of aryl methyl sites for hydroxylation is 2. The van der Waals surface area contributed by atoms with E-state index in [1.807, 2.05) is 24.8 Å². The first-order valence-corrected chi connectivity index (χ1v) is 5.36. The third kappa shape index (κ3) is 2.13. The van der Waals surface area contributed by atoms with Crippen molar-refractivity contribution >= 4 is 11.8 Å². The maximum Gasteiger partial charge on any atom is 0.308 e. The van der Waals surface area contributed by atoms with Crippen LogP contribution in [-0.2, 0) is 4.79 Å². The Morgan fingerprint density at radius 3 is 2.81 bits per heavy atom. The molecule has 1 atom stereocenters. The van der Waals surface area contributed by atoms with E-state index in [9.17, 15) is 4.79 Å². The van der Waals surface area contributed by atoms with Crippen molar-refractivity contribution in [2.45, 2.75) is 20.3 Å². The SMILES string of the molecule is Cc1cc(N2CC[C@@H](C(=O)O)C2)nc(C)n1. The van der Waals surface area contributed by atoms with Gasteiger partial charge in [-0.2, -0.15) is 0 Å². The maximum atomic E-state index is 10.9. The molecule has 1 fully saturated rings. The molecule has 1 saturated heterocycles. The Balaban J connectivity index is 2.17. The molecule has 0 aromatic carbocycles. The number of aliphatic carboxylic acids is 1. The van der Waals surface area contributed by atoms with Gasteiger partial charge in [-0.05, 0) is 20.3 Å². The lowest BCUT2D eigenvalue weighted by Crippen LogP contribution is -2.23. The highest BCUT2D eigenvalue weighted by molar-refractivity contribution is 5.71. The highest BCUT2D eigenvalue weighted by atomic mass is 16.4. The van der Waals surface area contributed by atoms with Crippen LogP contribution in [-0.4, -0.2) is 34.1 Å². The van der Waals surface area contributed by atoms with Crippen LogP contribution in [0.15, 0.2) is 6.07 Å². The van der Waals surface area contributed by atoms with E-state index in [-0.39, 0.29) is 5.92 Å². The number of rotatable bonds is 2. The minimum Gasteiger partial charge on any atom is -0.481 e. The molecule has 0 unspecified atom stereocenters. The van der Waals surface area contributed by atoms with E-state index >= 15 is 0 Å². The van der Waals surface area contributed by atoms with Gasteiger partial charge in [0.1, 0.15) is 11.6 Å². The van der Waals surface area contributed by atoms with Gasteiger partial charge in [0, 0.05) is 24.8 Å². The summed E-state index contributed by atoms with van der Waals surface area (Å²) >= 11 is 0. The molecule has 0 bridgehead atoms. The first kappa shape index (κ1) is 10.9. The fraction of sp³-hybridized carbons (Fsp3) is 0.545. The van der Waals surface area contributed by atoms with E-state index in [0.717, 1.165) is 23.9 Å². The molecular weight excluding hydrogens is 206 g/mol. The topological polar surface area (TPSA) is 66.3 Å². The second-order valence-corrected chi connectivity index (χ2v) is 4.18. The summed E-state index contributed by atoms with van der Waals surface area (Å²) in [5.74, 6) is 0.586. The van der Waals surface area contributed by atoms with Crippen LogP contribution < -0.4 is 4.90 Å². The Labute approximate surface area is 94.1 Å². The van der Waals surface area contributed by atoms with Gasteiger partial charge in [0.2, 0.25) is 0 Å². The fourth-order valence-corrected chi connectivity index (χ4v) is 2.03. The Kier molecular flexibility index (Phi) is 2.77. The molecule has 86 valence electrons. The van der Waals surface area contributed by atoms with Crippen molar-refractivity contribution in [3.8, 4) is 0 Å². The molecule has 2 heterocycles. The van der Waals surface area contributed by atoms with E-state index in [4.69, 9.17) is 5.11 Å². The summed E-state index contributed by atoms with van der Waals surface area (Å²) in [4.78, 5) is 21.4. The standard InChI is InChI=1S/C11H15N3O2/c1-7-5-10(13-8(2)12-7)14-4-3-9(6-14)11(15)16/h5,9H,3-4,6H2,1-2H3,(H,15,16)/t9-/m1/s1. The van der Waals surface area contributed by atoms with Crippen molar-refractivity contribution in [3.05, 3.63) is 17.6 Å². The van der Waals surface area contributed by atoms with E-state index in [1.165, 1.54) is 0 Å². The number of carboxylic acids is 1. The van der Waals surface area contributed by atoms with E-state index < -0.39 is 5.97 Å². The molecule has 0 saturated carbocycles. The molecule has 0 amide bonds. The molecule has 5 heteroatoms. The van der Waals surface area contributed by atoms with Crippen molar-refractivity contribution in [1.29, 1.82) is 0 Å². The second kappa shape index (κ2) is 4.08. The lowest BCUT2D eigenvalue weighted by atomic mass is 10.1. The highest BCUT2D eigenvalue weighted by Gasteiger charge is 2.28. The summed E-state index contributed by atoms with van der Waals surface area (Å²) in [6.07, 6.45) is 0.692. The summed E-state index contributed by atoms with van der Waals surface area (Å²) in [7, 11) is 0. The molecule has 1 aromatic rings. The minimum atomic E-state index is -0.718. The van der Waals surface area contributed by atoms with Crippen LogP contribution in [0.5, 0.6) is 0 Å². The molecule has 1 N–H and O–H groups in total. The van der Waals surface area contributed by atoms with E-state index in [0.29, 0.717) is 13.0 Å². The molecule has 16 heavy (non-hydrogen) atoms. The average molecular weight is 221 g/mol. The Morgan fingerprint density at radius 1 is 1.50 bits per heavy atom. The molecule has 5 nitrogen and oxygen atoms in total. The van der Waals surface area contributed by atoms with Crippen LogP contribution in [0.4, 0.5) is 5.82 Å². The lowest BCUT2D eigenvalue weighted by molar-refractivity contribution is -0.140. The molecule has 1 aromatic heterocycles. The van der Waals surface area contributed by atoms with Gasteiger partial charge in [-0.3, -0.25) is 4.79 Å². The second-order valence-electron chi connectivity index (χ2n) is 4.18. The minimum absolute atomic E-state index is 0.268. The molecule has 0 aliphatic carbocycles. The third-order valence-corrected chi connectivity index (χ3v) is 2.81. The molecular formula is C11H15N3O2. The Morgan fingerprint density at radius 2 is 2.25 bits per heavy atom. The van der Waals surface area contributed by atoms with Gasteiger partial charge < -0.3 is 10.0 Å². The van der Waals surface area contributed by atoms with Crippen LogP contribution >= 0.6 is 0 Å². The van der Waals surface area contributed by atoms with Crippen molar-refractivity contribution in [2.24, 2.45) is 5.92 Å². The first-order chi connectivity index (χ1) is 7.56. The summed E-state index contributed by atoms with van der Waals surface area (Å²) in [5, 5.41) is 8.93. The smallest absolute Gasteiger partial charge is 0.308 e. The van der Waals surface area contributed by atoms with Gasteiger partial charge >= 0.3 is 5.97 Å². The Bertz CT molecular complexity index is 399. The number of carbonyl (C=O) groups is 1. The predicted octanol–water partition coefficient (Wildman–Crippen LogP) is 1.00. The number of hydrogen-bond acceptors (Lipinski definition) is 4. The van der Waals surface area contributed by atoms with Gasteiger partial charge in [-0.1, -0.05) is 0 Å². The zero-order valence-electron chi connectivity index (χ0n) is 9.47. The monoisotopic (exact) mass is 221 g/mol. The molecule has 1 aliphatic rings. The van der Waals surface area contributed by atoms with Gasteiger partial charge in [-0.15, -0.1) is 0 Å². The van der Waals surface area contributed by atoms with Gasteiger partial charge in [-0.25, -0.2) is 9.97 Å². The van der Waals surface area contributed by atoms with Crippen molar-refractivity contribution in [3.63, 3.8) is 0 Å². The quantitative estimate of drug-likeness (QED) is 0.807. The van der Waals surface area contributed by atoms with Crippen LogP contribution in [0.2, 0.25) is 0 Å². The molecule has 0 radical (unpaired) electrons. The van der Waals surface area contributed by atoms with E-state index in [2.05, 4.69) is 9.97 Å². The zero-order valence-corrected chi connectivity index (χ0v) is 9.47.